The van der Waals surface area contributed by atoms with Crippen LogP contribution >= 0.6 is 11.3 Å². The van der Waals surface area contributed by atoms with Gasteiger partial charge in [-0.2, -0.15) is 0 Å². The van der Waals surface area contributed by atoms with Gasteiger partial charge in [-0.25, -0.2) is 9.37 Å². The Bertz CT molecular complexity index is 525. The van der Waals surface area contributed by atoms with Gasteiger partial charge in [0.1, 0.15) is 5.82 Å². The zero-order valence-electron chi connectivity index (χ0n) is 7.90. The molecule has 1 heterocycles. The third-order valence-corrected chi connectivity index (χ3v) is 3.37. The molecule has 3 rings (SSSR count). The Hall–Kier alpha value is -1.48. The van der Waals surface area contributed by atoms with Crippen LogP contribution < -0.4 is 0 Å². The van der Waals surface area contributed by atoms with Crippen LogP contribution in [-0.2, 0) is 6.42 Å². The second-order valence-electron chi connectivity index (χ2n) is 3.52. The maximum Gasteiger partial charge on any atom is 0.123 e. The number of fused-ring (bicyclic) bond motifs is 1. The molecule has 1 nitrogen and oxygen atoms in total. The molecule has 2 aromatic rings. The molecule has 0 fully saturated rings. The first-order chi connectivity index (χ1) is 7.33. The molecular weight excluding hydrogens is 209 g/mol. The summed E-state index contributed by atoms with van der Waals surface area (Å²) in [6.45, 7) is 0. The fraction of sp³-hybridized carbons (Fsp3) is 0.0833. The van der Waals surface area contributed by atoms with E-state index in [4.69, 9.17) is 0 Å². The van der Waals surface area contributed by atoms with Crippen LogP contribution in [0.2, 0.25) is 0 Å². The molecule has 0 spiro atoms. The molecule has 0 amide bonds. The number of allylic oxidation sites excluding steroid dienone is 1. The highest BCUT2D eigenvalue weighted by molar-refractivity contribution is 7.10. The minimum atomic E-state index is -0.190. The van der Waals surface area contributed by atoms with E-state index in [0.717, 1.165) is 17.7 Å². The molecule has 74 valence electrons. The lowest BCUT2D eigenvalue weighted by Gasteiger charge is -2.00. The summed E-state index contributed by atoms with van der Waals surface area (Å²) in [5.41, 5.74) is 5.31. The van der Waals surface area contributed by atoms with E-state index in [2.05, 4.69) is 11.1 Å². The quantitative estimate of drug-likeness (QED) is 0.713. The van der Waals surface area contributed by atoms with Gasteiger partial charge < -0.3 is 0 Å². The van der Waals surface area contributed by atoms with Crippen molar-refractivity contribution in [1.82, 2.24) is 4.98 Å². The van der Waals surface area contributed by atoms with Gasteiger partial charge >= 0.3 is 0 Å². The summed E-state index contributed by atoms with van der Waals surface area (Å²) in [5, 5.41) is 0. The molecule has 1 aromatic heterocycles. The van der Waals surface area contributed by atoms with E-state index in [1.807, 2.05) is 17.6 Å². The number of hydrogen-bond acceptors (Lipinski definition) is 2. The molecule has 3 heteroatoms. The van der Waals surface area contributed by atoms with Gasteiger partial charge in [0.2, 0.25) is 0 Å². The smallest absolute Gasteiger partial charge is 0.123 e. The monoisotopic (exact) mass is 217 g/mol. The molecule has 0 unspecified atom stereocenters. The number of nitrogens with zero attached hydrogens (tertiary/aromatic N) is 1. The largest absolute Gasteiger partial charge is 0.249 e. The van der Waals surface area contributed by atoms with Gasteiger partial charge in [-0.15, -0.1) is 11.3 Å². The summed E-state index contributed by atoms with van der Waals surface area (Å²) in [5.74, 6) is -0.190. The van der Waals surface area contributed by atoms with E-state index in [9.17, 15) is 4.39 Å². The topological polar surface area (TPSA) is 12.9 Å². The van der Waals surface area contributed by atoms with Crippen molar-refractivity contribution in [2.24, 2.45) is 0 Å². The summed E-state index contributed by atoms with van der Waals surface area (Å²) in [6, 6.07) is 6.63. The third kappa shape index (κ3) is 1.49. The van der Waals surface area contributed by atoms with Crippen LogP contribution in [-0.4, -0.2) is 4.98 Å². The van der Waals surface area contributed by atoms with Gasteiger partial charge in [-0.05, 0) is 29.3 Å². The van der Waals surface area contributed by atoms with Crippen LogP contribution in [0, 0.1) is 5.82 Å². The Morgan fingerprint density at radius 2 is 2.00 bits per heavy atom. The van der Waals surface area contributed by atoms with Gasteiger partial charge in [0.25, 0.3) is 0 Å². The highest BCUT2D eigenvalue weighted by Gasteiger charge is 2.16. The third-order valence-electron chi connectivity index (χ3n) is 2.55. The number of thiazole rings is 1. The minimum absolute atomic E-state index is 0.190. The fourth-order valence-electron chi connectivity index (χ4n) is 1.77. The first-order valence-corrected chi connectivity index (χ1v) is 5.60. The number of halogens is 1. The fourth-order valence-corrected chi connectivity index (χ4v) is 2.53. The molecule has 0 atom stereocenters. The summed E-state index contributed by atoms with van der Waals surface area (Å²) in [7, 11) is 0. The number of aromatic nitrogens is 1. The highest BCUT2D eigenvalue weighted by Crippen LogP contribution is 2.32. The normalized spacial score (nSPS) is 13.8. The summed E-state index contributed by atoms with van der Waals surface area (Å²) >= 11 is 1.65. The predicted octanol–water partition coefficient (Wildman–Crippen LogP) is 3.38. The first kappa shape index (κ1) is 8.80. The zero-order valence-corrected chi connectivity index (χ0v) is 8.72. The van der Waals surface area contributed by atoms with Crippen molar-refractivity contribution >= 4 is 23.0 Å². The predicted molar refractivity (Wildman–Crippen MR) is 60.1 cm³/mol. The van der Waals surface area contributed by atoms with Crippen molar-refractivity contribution in [3.05, 3.63) is 51.7 Å². The Balaban J connectivity index is 1.98. The molecule has 15 heavy (non-hydrogen) atoms. The van der Waals surface area contributed by atoms with Crippen LogP contribution in [0.4, 0.5) is 4.39 Å². The average Bonchev–Trinajstić information content (AvgIpc) is 2.78. The van der Waals surface area contributed by atoms with E-state index >= 15 is 0 Å². The molecule has 0 saturated heterocycles. The molecule has 0 aliphatic heterocycles. The lowest BCUT2D eigenvalue weighted by Crippen LogP contribution is -1.86. The second kappa shape index (κ2) is 3.28. The average molecular weight is 217 g/mol. The highest BCUT2D eigenvalue weighted by atomic mass is 32.1. The number of benzene rings is 1. The standard InChI is InChI=1S/C12H8FNS/c13-10-3-1-8(2-4-10)9-5-11-12(6-9)15-7-14-11/h1-4,6-7H,5H2. The van der Waals surface area contributed by atoms with Crippen LogP contribution in [0.5, 0.6) is 0 Å². The van der Waals surface area contributed by atoms with Crippen molar-refractivity contribution in [2.75, 3.05) is 0 Å². The van der Waals surface area contributed by atoms with E-state index in [0.29, 0.717) is 0 Å². The molecule has 0 N–H and O–H groups in total. The van der Waals surface area contributed by atoms with Crippen LogP contribution in [0.15, 0.2) is 29.8 Å². The van der Waals surface area contributed by atoms with Crippen molar-refractivity contribution < 1.29 is 4.39 Å². The van der Waals surface area contributed by atoms with Crippen molar-refractivity contribution in [3.8, 4) is 0 Å². The summed E-state index contributed by atoms with van der Waals surface area (Å²) in [4.78, 5) is 5.51. The van der Waals surface area contributed by atoms with E-state index < -0.39 is 0 Å². The summed E-state index contributed by atoms with van der Waals surface area (Å²) in [6.07, 6.45) is 3.00. The SMILES string of the molecule is Fc1ccc(C2=Cc3scnc3C2)cc1. The Morgan fingerprint density at radius 3 is 2.73 bits per heavy atom. The van der Waals surface area contributed by atoms with E-state index in [1.54, 1.807) is 11.3 Å². The molecule has 0 saturated carbocycles. The van der Waals surface area contributed by atoms with Gasteiger partial charge in [0.05, 0.1) is 16.1 Å². The Kier molecular flexibility index (Phi) is 1.92. The van der Waals surface area contributed by atoms with E-state index in [1.165, 1.54) is 22.6 Å². The summed E-state index contributed by atoms with van der Waals surface area (Å²) < 4.78 is 12.7. The zero-order chi connectivity index (χ0) is 10.3. The van der Waals surface area contributed by atoms with Crippen molar-refractivity contribution in [3.63, 3.8) is 0 Å². The van der Waals surface area contributed by atoms with Gasteiger partial charge in [-0.1, -0.05) is 12.1 Å². The maximum atomic E-state index is 12.7. The first-order valence-electron chi connectivity index (χ1n) is 4.72. The van der Waals surface area contributed by atoms with E-state index in [-0.39, 0.29) is 5.82 Å². The molecule has 1 aliphatic rings. The Morgan fingerprint density at radius 1 is 1.20 bits per heavy atom. The second-order valence-corrected chi connectivity index (χ2v) is 4.40. The van der Waals surface area contributed by atoms with Crippen molar-refractivity contribution in [1.29, 1.82) is 0 Å². The van der Waals surface area contributed by atoms with Gasteiger partial charge in [0.15, 0.2) is 0 Å². The molecule has 1 aromatic carbocycles. The van der Waals surface area contributed by atoms with Gasteiger partial charge in [-0.3, -0.25) is 0 Å². The molecule has 0 radical (unpaired) electrons. The molecule has 1 aliphatic carbocycles. The number of rotatable bonds is 1. The van der Waals surface area contributed by atoms with Crippen molar-refractivity contribution in [2.45, 2.75) is 6.42 Å². The molecular formula is C12H8FNS. The van der Waals surface area contributed by atoms with Crippen LogP contribution in [0.1, 0.15) is 16.1 Å². The minimum Gasteiger partial charge on any atom is -0.249 e. The lowest BCUT2D eigenvalue weighted by molar-refractivity contribution is 0.627. The van der Waals surface area contributed by atoms with Crippen LogP contribution in [0.3, 0.4) is 0 Å². The lowest BCUT2D eigenvalue weighted by atomic mass is 10.1. The van der Waals surface area contributed by atoms with Crippen LogP contribution in [0.25, 0.3) is 11.6 Å². The maximum absolute atomic E-state index is 12.7. The number of hydrogen-bond donors (Lipinski definition) is 0. The Labute approximate surface area is 90.9 Å². The van der Waals surface area contributed by atoms with Gasteiger partial charge in [0, 0.05) is 6.42 Å². The molecule has 0 bridgehead atoms.